The van der Waals surface area contributed by atoms with E-state index in [-0.39, 0.29) is 17.7 Å². The fraction of sp³-hybridized carbons (Fsp3) is 0.0556. The molecule has 0 saturated carbocycles. The summed E-state index contributed by atoms with van der Waals surface area (Å²) in [7, 11) is 1.43. The molecule has 3 amide bonds. The van der Waals surface area contributed by atoms with E-state index in [0.29, 0.717) is 26.7 Å². The first-order valence-electron chi connectivity index (χ1n) is 7.41. The molecule has 0 radical (unpaired) electrons. The van der Waals surface area contributed by atoms with Crippen molar-refractivity contribution >= 4 is 56.4 Å². The molecule has 0 spiro atoms. The van der Waals surface area contributed by atoms with Crippen molar-refractivity contribution in [3.8, 4) is 0 Å². The minimum atomic E-state index is -0.371. The van der Waals surface area contributed by atoms with Crippen molar-refractivity contribution in [1.29, 1.82) is 0 Å². The molecule has 0 atom stereocenters. The lowest BCUT2D eigenvalue weighted by atomic mass is 10.1. The smallest absolute Gasteiger partial charge is 0.265 e. The number of nitrogens with zero attached hydrogens (tertiary/aromatic N) is 1. The Bertz CT molecular complexity index is 1070. The van der Waals surface area contributed by atoms with Crippen molar-refractivity contribution in [3.05, 3.63) is 63.5 Å². The predicted molar refractivity (Wildman–Crippen MR) is 97.7 cm³/mol. The average Bonchev–Trinajstić information content (AvgIpc) is 3.13. The van der Waals surface area contributed by atoms with Crippen LogP contribution in [0.5, 0.6) is 0 Å². The standard InChI is InChI=1S/C18H11ClN2O3S/c1-21-17(23)11-6-5-10(8-12(11)18(21)24)20-16(22)14-7-9-3-2-4-13(19)15(9)25-14/h2-8H,1H3,(H,20,22). The van der Waals surface area contributed by atoms with Crippen LogP contribution in [0.1, 0.15) is 30.4 Å². The van der Waals surface area contributed by atoms with Crippen LogP contribution in [0.2, 0.25) is 5.02 Å². The van der Waals surface area contributed by atoms with Gasteiger partial charge in [-0.25, -0.2) is 0 Å². The lowest BCUT2D eigenvalue weighted by Crippen LogP contribution is -2.24. The Labute approximate surface area is 151 Å². The summed E-state index contributed by atoms with van der Waals surface area (Å²) in [6.45, 7) is 0. The Balaban J connectivity index is 1.64. The van der Waals surface area contributed by atoms with Gasteiger partial charge in [0, 0.05) is 12.7 Å². The summed E-state index contributed by atoms with van der Waals surface area (Å²) in [4.78, 5) is 38.0. The van der Waals surface area contributed by atoms with E-state index in [9.17, 15) is 14.4 Å². The number of thiophene rings is 1. The molecule has 4 rings (SSSR count). The first-order chi connectivity index (χ1) is 12.0. The molecule has 0 aliphatic carbocycles. The number of hydrogen-bond donors (Lipinski definition) is 1. The first kappa shape index (κ1) is 15.8. The van der Waals surface area contributed by atoms with E-state index in [1.165, 1.54) is 24.5 Å². The Hall–Kier alpha value is -2.70. The molecule has 0 fully saturated rings. The van der Waals surface area contributed by atoms with Gasteiger partial charge in [0.25, 0.3) is 17.7 Å². The zero-order chi connectivity index (χ0) is 17.7. The summed E-state index contributed by atoms with van der Waals surface area (Å²) in [5.74, 6) is -0.996. The largest absolute Gasteiger partial charge is 0.321 e. The Kier molecular flexibility index (Phi) is 3.59. The number of carbonyl (C=O) groups excluding carboxylic acids is 3. The summed E-state index contributed by atoms with van der Waals surface area (Å²) in [5, 5.41) is 4.27. The van der Waals surface area contributed by atoms with Gasteiger partial charge in [-0.1, -0.05) is 23.7 Å². The number of rotatable bonds is 2. The number of imide groups is 1. The third-order valence-corrected chi connectivity index (χ3v) is 5.68. The van der Waals surface area contributed by atoms with Crippen molar-refractivity contribution in [2.75, 3.05) is 12.4 Å². The molecular formula is C18H11ClN2O3S. The molecule has 2 heterocycles. The van der Waals surface area contributed by atoms with Gasteiger partial charge in [0.15, 0.2) is 0 Å². The lowest BCUT2D eigenvalue weighted by molar-refractivity contribution is 0.0692. The third kappa shape index (κ3) is 2.50. The maximum Gasteiger partial charge on any atom is 0.265 e. The minimum absolute atomic E-state index is 0.289. The van der Waals surface area contributed by atoms with E-state index >= 15 is 0 Å². The number of anilines is 1. The second-order valence-electron chi connectivity index (χ2n) is 5.65. The van der Waals surface area contributed by atoms with E-state index in [1.807, 2.05) is 12.1 Å². The molecule has 2 aromatic carbocycles. The summed E-state index contributed by atoms with van der Waals surface area (Å²) in [6.07, 6.45) is 0. The maximum atomic E-state index is 12.5. The zero-order valence-electron chi connectivity index (χ0n) is 13.0. The lowest BCUT2D eigenvalue weighted by Gasteiger charge is -2.04. The van der Waals surface area contributed by atoms with E-state index in [1.54, 1.807) is 24.3 Å². The van der Waals surface area contributed by atoms with Gasteiger partial charge >= 0.3 is 0 Å². The molecule has 1 N–H and O–H groups in total. The van der Waals surface area contributed by atoms with Crippen LogP contribution in [-0.4, -0.2) is 29.7 Å². The molecular weight excluding hydrogens is 360 g/mol. The second kappa shape index (κ2) is 5.68. The molecule has 1 aliphatic heterocycles. The topological polar surface area (TPSA) is 66.5 Å². The highest BCUT2D eigenvalue weighted by Crippen LogP contribution is 2.32. The van der Waals surface area contributed by atoms with Crippen molar-refractivity contribution in [2.24, 2.45) is 0 Å². The first-order valence-corrected chi connectivity index (χ1v) is 8.61. The fourth-order valence-electron chi connectivity index (χ4n) is 2.77. The van der Waals surface area contributed by atoms with Gasteiger partial charge in [-0.3, -0.25) is 19.3 Å². The molecule has 1 aliphatic rings. The van der Waals surface area contributed by atoms with Crippen molar-refractivity contribution in [3.63, 3.8) is 0 Å². The van der Waals surface area contributed by atoms with Crippen LogP contribution in [0.25, 0.3) is 10.1 Å². The average molecular weight is 371 g/mol. The summed E-state index contributed by atoms with van der Waals surface area (Å²) < 4.78 is 0.852. The van der Waals surface area contributed by atoms with Crippen molar-refractivity contribution in [1.82, 2.24) is 4.90 Å². The molecule has 0 saturated heterocycles. The number of carbonyl (C=O) groups is 3. The van der Waals surface area contributed by atoms with Crippen LogP contribution in [0, 0.1) is 0 Å². The molecule has 3 aromatic rings. The number of hydrogen-bond acceptors (Lipinski definition) is 4. The number of fused-ring (bicyclic) bond motifs is 2. The summed E-state index contributed by atoms with van der Waals surface area (Å²) >= 11 is 7.45. The van der Waals surface area contributed by atoms with Crippen molar-refractivity contribution < 1.29 is 14.4 Å². The van der Waals surface area contributed by atoms with Gasteiger partial charge in [-0.15, -0.1) is 11.3 Å². The molecule has 25 heavy (non-hydrogen) atoms. The van der Waals surface area contributed by atoms with Crippen LogP contribution in [-0.2, 0) is 0 Å². The minimum Gasteiger partial charge on any atom is -0.321 e. The van der Waals surface area contributed by atoms with Crippen LogP contribution in [0.15, 0.2) is 42.5 Å². The van der Waals surface area contributed by atoms with Gasteiger partial charge in [0.05, 0.1) is 25.7 Å². The van der Waals surface area contributed by atoms with Gasteiger partial charge in [-0.05, 0) is 35.7 Å². The third-order valence-electron chi connectivity index (χ3n) is 4.07. The summed E-state index contributed by atoms with van der Waals surface area (Å²) in [6, 6.07) is 12.0. The van der Waals surface area contributed by atoms with E-state index in [4.69, 9.17) is 11.6 Å². The number of nitrogens with one attached hydrogen (secondary N) is 1. The highest BCUT2D eigenvalue weighted by Gasteiger charge is 2.32. The van der Waals surface area contributed by atoms with Crippen LogP contribution in [0.4, 0.5) is 5.69 Å². The van der Waals surface area contributed by atoms with Crippen LogP contribution < -0.4 is 5.32 Å². The molecule has 0 bridgehead atoms. The normalized spacial score (nSPS) is 13.4. The Morgan fingerprint density at radius 1 is 1.08 bits per heavy atom. The molecule has 5 nitrogen and oxygen atoms in total. The second-order valence-corrected chi connectivity index (χ2v) is 7.11. The van der Waals surface area contributed by atoms with Gasteiger partial charge < -0.3 is 5.32 Å². The van der Waals surface area contributed by atoms with Crippen LogP contribution >= 0.6 is 22.9 Å². The predicted octanol–water partition coefficient (Wildman–Crippen LogP) is 4.03. The van der Waals surface area contributed by atoms with E-state index in [0.717, 1.165) is 15.0 Å². The maximum absolute atomic E-state index is 12.5. The number of halogens is 1. The van der Waals surface area contributed by atoms with Crippen molar-refractivity contribution in [2.45, 2.75) is 0 Å². The van der Waals surface area contributed by atoms with Gasteiger partial charge in [0.2, 0.25) is 0 Å². The van der Waals surface area contributed by atoms with E-state index in [2.05, 4.69) is 5.32 Å². The Morgan fingerprint density at radius 3 is 2.60 bits per heavy atom. The highest BCUT2D eigenvalue weighted by atomic mass is 35.5. The zero-order valence-corrected chi connectivity index (χ0v) is 14.6. The molecule has 124 valence electrons. The number of benzene rings is 2. The molecule has 7 heteroatoms. The van der Waals surface area contributed by atoms with E-state index < -0.39 is 0 Å². The fourth-order valence-corrected chi connectivity index (χ4v) is 4.03. The quantitative estimate of drug-likeness (QED) is 0.692. The van der Waals surface area contributed by atoms with Gasteiger partial charge in [-0.2, -0.15) is 0 Å². The Morgan fingerprint density at radius 2 is 1.84 bits per heavy atom. The molecule has 1 aromatic heterocycles. The highest BCUT2D eigenvalue weighted by molar-refractivity contribution is 7.21. The number of amides is 3. The monoisotopic (exact) mass is 370 g/mol. The summed E-state index contributed by atoms with van der Waals surface area (Å²) in [5.41, 5.74) is 1.10. The van der Waals surface area contributed by atoms with Crippen LogP contribution in [0.3, 0.4) is 0 Å². The SMILES string of the molecule is CN1C(=O)c2ccc(NC(=O)c3cc4cccc(Cl)c4s3)cc2C1=O. The molecule has 0 unspecified atom stereocenters. The van der Waals surface area contributed by atoms with Gasteiger partial charge in [0.1, 0.15) is 0 Å².